The highest BCUT2D eigenvalue weighted by molar-refractivity contribution is 5.79. The van der Waals surface area contributed by atoms with Crippen LogP contribution in [0.3, 0.4) is 0 Å². The van der Waals surface area contributed by atoms with Gasteiger partial charge in [-0.25, -0.2) is 0 Å². The van der Waals surface area contributed by atoms with Crippen LogP contribution >= 0.6 is 0 Å². The van der Waals surface area contributed by atoms with Crippen LogP contribution < -0.4 is 10.6 Å². The summed E-state index contributed by atoms with van der Waals surface area (Å²) < 4.78 is 11.2. The SMILES string of the molecule is CCCCC(CC)CNC(=NC)NCCOCC1CCCO1. The zero-order valence-electron chi connectivity index (χ0n) is 14.7. The molecule has 0 aliphatic carbocycles. The van der Waals surface area contributed by atoms with E-state index in [1.165, 1.54) is 32.1 Å². The first-order valence-corrected chi connectivity index (χ1v) is 8.94. The lowest BCUT2D eigenvalue weighted by atomic mass is 9.99. The second kappa shape index (κ2) is 12.7. The molecule has 0 aromatic rings. The standard InChI is InChI=1S/C17H35N3O2/c1-4-6-8-15(5-2)13-20-17(18-3)19-10-12-21-14-16-9-7-11-22-16/h15-16H,4-14H2,1-3H3,(H2,18,19,20). The summed E-state index contributed by atoms with van der Waals surface area (Å²) in [5, 5.41) is 6.72. The summed E-state index contributed by atoms with van der Waals surface area (Å²) in [6.45, 7) is 8.56. The van der Waals surface area contributed by atoms with Gasteiger partial charge in [-0.3, -0.25) is 4.99 Å². The first-order valence-electron chi connectivity index (χ1n) is 8.94. The molecule has 1 fully saturated rings. The minimum Gasteiger partial charge on any atom is -0.377 e. The number of guanidine groups is 1. The molecule has 1 heterocycles. The fourth-order valence-electron chi connectivity index (χ4n) is 2.64. The Morgan fingerprint density at radius 3 is 2.86 bits per heavy atom. The Morgan fingerprint density at radius 2 is 2.23 bits per heavy atom. The van der Waals surface area contributed by atoms with E-state index in [4.69, 9.17) is 9.47 Å². The normalized spacial score (nSPS) is 20.1. The van der Waals surface area contributed by atoms with Crippen molar-refractivity contribution >= 4 is 5.96 Å². The Bertz CT molecular complexity index is 292. The van der Waals surface area contributed by atoms with E-state index >= 15 is 0 Å². The minimum atomic E-state index is 0.307. The van der Waals surface area contributed by atoms with Crippen LogP contribution in [-0.2, 0) is 9.47 Å². The van der Waals surface area contributed by atoms with Crippen molar-refractivity contribution in [1.82, 2.24) is 10.6 Å². The predicted octanol–water partition coefficient (Wildman–Crippen LogP) is 2.56. The predicted molar refractivity (Wildman–Crippen MR) is 92.5 cm³/mol. The molecule has 130 valence electrons. The van der Waals surface area contributed by atoms with Crippen molar-refractivity contribution in [3.8, 4) is 0 Å². The summed E-state index contributed by atoms with van der Waals surface area (Å²) in [4.78, 5) is 4.26. The maximum absolute atomic E-state index is 5.64. The lowest BCUT2D eigenvalue weighted by molar-refractivity contribution is 0.0191. The summed E-state index contributed by atoms with van der Waals surface area (Å²) >= 11 is 0. The maximum atomic E-state index is 5.64. The average molecular weight is 313 g/mol. The van der Waals surface area contributed by atoms with Crippen LogP contribution in [0.1, 0.15) is 52.4 Å². The van der Waals surface area contributed by atoms with E-state index in [-0.39, 0.29) is 0 Å². The summed E-state index contributed by atoms with van der Waals surface area (Å²) in [5.41, 5.74) is 0. The number of hydrogen-bond donors (Lipinski definition) is 2. The molecule has 1 saturated heterocycles. The molecule has 0 spiro atoms. The minimum absolute atomic E-state index is 0.307. The van der Waals surface area contributed by atoms with Crippen LogP contribution in [-0.4, -0.2) is 52.0 Å². The maximum Gasteiger partial charge on any atom is 0.191 e. The second-order valence-electron chi connectivity index (χ2n) is 6.01. The second-order valence-corrected chi connectivity index (χ2v) is 6.01. The molecule has 2 atom stereocenters. The smallest absolute Gasteiger partial charge is 0.191 e. The van der Waals surface area contributed by atoms with Gasteiger partial charge in [0, 0.05) is 26.7 Å². The van der Waals surface area contributed by atoms with Crippen LogP contribution in [0.15, 0.2) is 4.99 Å². The number of nitrogens with zero attached hydrogens (tertiary/aromatic N) is 1. The van der Waals surface area contributed by atoms with Crippen LogP contribution in [0.25, 0.3) is 0 Å². The molecule has 0 saturated carbocycles. The monoisotopic (exact) mass is 313 g/mol. The van der Waals surface area contributed by atoms with E-state index in [1.54, 1.807) is 0 Å². The molecule has 0 bridgehead atoms. The molecule has 5 nitrogen and oxygen atoms in total. The van der Waals surface area contributed by atoms with Crippen molar-refractivity contribution in [3.63, 3.8) is 0 Å². The van der Waals surface area contributed by atoms with E-state index in [1.807, 2.05) is 7.05 Å². The van der Waals surface area contributed by atoms with E-state index in [0.717, 1.165) is 38.0 Å². The molecule has 2 unspecified atom stereocenters. The molecule has 0 aromatic carbocycles. The molecule has 1 aliphatic heterocycles. The fourth-order valence-corrected chi connectivity index (χ4v) is 2.64. The zero-order valence-corrected chi connectivity index (χ0v) is 14.7. The van der Waals surface area contributed by atoms with Crippen molar-refractivity contribution in [2.24, 2.45) is 10.9 Å². The zero-order chi connectivity index (χ0) is 16.0. The van der Waals surface area contributed by atoms with Crippen molar-refractivity contribution in [3.05, 3.63) is 0 Å². The van der Waals surface area contributed by atoms with Gasteiger partial charge in [-0.05, 0) is 25.2 Å². The summed E-state index contributed by atoms with van der Waals surface area (Å²) in [7, 11) is 1.82. The van der Waals surface area contributed by atoms with Gasteiger partial charge in [0.25, 0.3) is 0 Å². The molecule has 0 radical (unpaired) electrons. The Morgan fingerprint density at radius 1 is 1.36 bits per heavy atom. The summed E-state index contributed by atoms with van der Waals surface area (Å²) in [6, 6.07) is 0. The lowest BCUT2D eigenvalue weighted by Gasteiger charge is -2.18. The largest absolute Gasteiger partial charge is 0.377 e. The molecule has 22 heavy (non-hydrogen) atoms. The van der Waals surface area contributed by atoms with Crippen molar-refractivity contribution in [1.29, 1.82) is 0 Å². The fraction of sp³-hybridized carbons (Fsp3) is 0.941. The van der Waals surface area contributed by atoms with Gasteiger partial charge < -0.3 is 20.1 Å². The van der Waals surface area contributed by atoms with Gasteiger partial charge in [0.2, 0.25) is 0 Å². The molecule has 5 heteroatoms. The van der Waals surface area contributed by atoms with Gasteiger partial charge in [-0.15, -0.1) is 0 Å². The number of rotatable bonds is 11. The summed E-state index contributed by atoms with van der Waals surface area (Å²) in [6.07, 6.45) is 7.69. The third-order valence-electron chi connectivity index (χ3n) is 4.19. The number of nitrogens with one attached hydrogen (secondary N) is 2. The Kier molecular flexibility index (Phi) is 11.1. The first kappa shape index (κ1) is 19.2. The van der Waals surface area contributed by atoms with E-state index in [9.17, 15) is 0 Å². The highest BCUT2D eigenvalue weighted by atomic mass is 16.5. The van der Waals surface area contributed by atoms with Gasteiger partial charge in [0.15, 0.2) is 5.96 Å². The van der Waals surface area contributed by atoms with Crippen LogP contribution in [0.5, 0.6) is 0 Å². The topological polar surface area (TPSA) is 54.9 Å². The molecule has 1 aliphatic rings. The quantitative estimate of drug-likeness (QED) is 0.350. The molecule has 2 N–H and O–H groups in total. The molecular formula is C17H35N3O2. The number of aliphatic imine (C=N–C) groups is 1. The van der Waals surface area contributed by atoms with Gasteiger partial charge in [0.05, 0.1) is 19.3 Å². The third-order valence-corrected chi connectivity index (χ3v) is 4.19. The van der Waals surface area contributed by atoms with Crippen molar-refractivity contribution < 1.29 is 9.47 Å². The van der Waals surface area contributed by atoms with Crippen molar-refractivity contribution in [2.75, 3.05) is 40.0 Å². The highest BCUT2D eigenvalue weighted by Gasteiger charge is 2.15. The highest BCUT2D eigenvalue weighted by Crippen LogP contribution is 2.12. The van der Waals surface area contributed by atoms with Gasteiger partial charge in [-0.1, -0.05) is 33.1 Å². The van der Waals surface area contributed by atoms with E-state index < -0.39 is 0 Å². The Labute approximate surface area is 136 Å². The Balaban J connectivity index is 2.05. The van der Waals surface area contributed by atoms with Gasteiger partial charge in [0.1, 0.15) is 0 Å². The number of ether oxygens (including phenoxy) is 2. The molecule has 1 rings (SSSR count). The average Bonchev–Trinajstić information content (AvgIpc) is 3.06. The molecule has 0 amide bonds. The molecular weight excluding hydrogens is 278 g/mol. The number of unbranched alkanes of at least 4 members (excludes halogenated alkanes) is 1. The van der Waals surface area contributed by atoms with Crippen molar-refractivity contribution in [2.45, 2.75) is 58.5 Å². The Hall–Kier alpha value is -0.810. The summed E-state index contributed by atoms with van der Waals surface area (Å²) in [5.74, 6) is 1.60. The van der Waals surface area contributed by atoms with E-state index in [2.05, 4.69) is 29.5 Å². The first-order chi connectivity index (χ1) is 10.8. The number of hydrogen-bond acceptors (Lipinski definition) is 3. The lowest BCUT2D eigenvalue weighted by Crippen LogP contribution is -2.41. The van der Waals surface area contributed by atoms with Crippen LogP contribution in [0, 0.1) is 5.92 Å². The molecule has 0 aromatic heterocycles. The van der Waals surface area contributed by atoms with E-state index in [0.29, 0.717) is 19.3 Å². The van der Waals surface area contributed by atoms with Gasteiger partial charge >= 0.3 is 0 Å². The third kappa shape index (κ3) is 8.59. The van der Waals surface area contributed by atoms with Crippen LogP contribution in [0.4, 0.5) is 0 Å². The van der Waals surface area contributed by atoms with Crippen LogP contribution in [0.2, 0.25) is 0 Å². The van der Waals surface area contributed by atoms with Gasteiger partial charge in [-0.2, -0.15) is 0 Å².